The normalized spacial score (nSPS) is 14.4. The highest BCUT2D eigenvalue weighted by atomic mass is 32.2. The lowest BCUT2D eigenvalue weighted by molar-refractivity contribution is -0.137. The molecular formula is C15H8F4OS. The van der Waals surface area contributed by atoms with Crippen LogP contribution in [0, 0.1) is 5.82 Å². The Hall–Kier alpha value is -1.82. The van der Waals surface area contributed by atoms with Crippen LogP contribution in [0.1, 0.15) is 21.5 Å². The van der Waals surface area contributed by atoms with Gasteiger partial charge in [-0.1, -0.05) is 17.8 Å². The first-order valence-corrected chi connectivity index (χ1v) is 6.87. The molecule has 6 heteroatoms. The Morgan fingerprint density at radius 1 is 1.00 bits per heavy atom. The van der Waals surface area contributed by atoms with E-state index in [-0.39, 0.29) is 17.8 Å². The fraction of sp³-hybridized carbons (Fsp3) is 0.133. The Labute approximate surface area is 122 Å². The molecule has 0 radical (unpaired) electrons. The lowest BCUT2D eigenvalue weighted by atomic mass is 10.0. The zero-order valence-corrected chi connectivity index (χ0v) is 11.3. The number of halogens is 4. The Balaban J connectivity index is 2.12. The molecule has 0 spiro atoms. The first-order valence-electron chi connectivity index (χ1n) is 6.05. The lowest BCUT2D eigenvalue weighted by Crippen LogP contribution is -2.07. The Bertz CT molecular complexity index is 737. The molecule has 3 rings (SSSR count). The van der Waals surface area contributed by atoms with Crippen LogP contribution in [0.25, 0.3) is 0 Å². The minimum atomic E-state index is -4.43. The van der Waals surface area contributed by atoms with Crippen molar-refractivity contribution in [3.05, 3.63) is 58.9 Å². The molecule has 0 saturated heterocycles. The fourth-order valence-corrected chi connectivity index (χ4v) is 3.28. The molecule has 0 amide bonds. The molecule has 1 aliphatic rings. The smallest absolute Gasteiger partial charge is 0.294 e. The first kappa shape index (κ1) is 14.1. The summed E-state index contributed by atoms with van der Waals surface area (Å²) < 4.78 is 51.5. The summed E-state index contributed by atoms with van der Waals surface area (Å²) in [6.45, 7) is 0. The van der Waals surface area contributed by atoms with E-state index < -0.39 is 17.6 Å². The quantitative estimate of drug-likeness (QED) is 0.654. The van der Waals surface area contributed by atoms with Gasteiger partial charge in [0.1, 0.15) is 5.82 Å². The molecule has 0 fully saturated rings. The molecule has 2 aromatic carbocycles. The van der Waals surface area contributed by atoms with E-state index in [1.54, 1.807) is 0 Å². The van der Waals surface area contributed by atoms with Gasteiger partial charge in [-0.2, -0.15) is 13.2 Å². The third kappa shape index (κ3) is 2.68. The van der Waals surface area contributed by atoms with E-state index in [2.05, 4.69) is 0 Å². The number of Topliss-reactive ketones (excluding diaryl/α,β-unsaturated/α-hetero) is 1. The number of hydrogen-bond acceptors (Lipinski definition) is 2. The van der Waals surface area contributed by atoms with Crippen molar-refractivity contribution in [2.75, 3.05) is 0 Å². The number of carbonyl (C=O) groups excluding carboxylic acids is 1. The van der Waals surface area contributed by atoms with Crippen LogP contribution in [0.4, 0.5) is 17.6 Å². The van der Waals surface area contributed by atoms with Crippen LogP contribution >= 0.6 is 11.8 Å². The van der Waals surface area contributed by atoms with Gasteiger partial charge in [0.2, 0.25) is 0 Å². The van der Waals surface area contributed by atoms with Crippen molar-refractivity contribution in [2.24, 2.45) is 0 Å². The minimum Gasteiger partial charge on any atom is -0.294 e. The molecule has 0 aromatic heterocycles. The number of benzene rings is 2. The van der Waals surface area contributed by atoms with Gasteiger partial charge >= 0.3 is 6.18 Å². The third-order valence-corrected chi connectivity index (χ3v) is 4.38. The van der Waals surface area contributed by atoms with Crippen LogP contribution in [0.3, 0.4) is 0 Å². The van der Waals surface area contributed by atoms with E-state index in [4.69, 9.17) is 0 Å². The standard InChI is InChI=1S/C15H8F4OS/c16-10-3-4-13-11(7-10)12(20)5-8-1-2-9(15(17,18)19)6-14(8)21-13/h1-4,6-7H,5H2. The van der Waals surface area contributed by atoms with Crippen LogP contribution in [0.5, 0.6) is 0 Å². The van der Waals surface area contributed by atoms with E-state index in [0.717, 1.165) is 30.0 Å². The number of fused-ring (bicyclic) bond motifs is 2. The monoisotopic (exact) mass is 312 g/mol. The van der Waals surface area contributed by atoms with Crippen LogP contribution in [-0.2, 0) is 12.6 Å². The summed E-state index contributed by atoms with van der Waals surface area (Å²) in [4.78, 5) is 13.0. The van der Waals surface area contributed by atoms with Crippen molar-refractivity contribution in [1.82, 2.24) is 0 Å². The summed E-state index contributed by atoms with van der Waals surface area (Å²) >= 11 is 1.06. The van der Waals surface area contributed by atoms with Crippen molar-refractivity contribution in [3.63, 3.8) is 0 Å². The Morgan fingerprint density at radius 3 is 2.48 bits per heavy atom. The second-order valence-electron chi connectivity index (χ2n) is 4.66. The maximum absolute atomic E-state index is 13.2. The molecule has 108 valence electrons. The highest BCUT2D eigenvalue weighted by molar-refractivity contribution is 7.99. The summed E-state index contributed by atoms with van der Waals surface area (Å²) in [5.41, 5.74) is -0.0221. The van der Waals surface area contributed by atoms with Crippen molar-refractivity contribution in [2.45, 2.75) is 22.4 Å². The van der Waals surface area contributed by atoms with Gasteiger partial charge in [0.25, 0.3) is 0 Å². The van der Waals surface area contributed by atoms with E-state index >= 15 is 0 Å². The van der Waals surface area contributed by atoms with Crippen molar-refractivity contribution in [1.29, 1.82) is 0 Å². The minimum absolute atomic E-state index is 0.0308. The van der Waals surface area contributed by atoms with Crippen LogP contribution < -0.4 is 0 Å². The molecule has 2 aromatic rings. The molecule has 21 heavy (non-hydrogen) atoms. The van der Waals surface area contributed by atoms with Gasteiger partial charge in [-0.25, -0.2) is 4.39 Å². The third-order valence-electron chi connectivity index (χ3n) is 3.21. The highest BCUT2D eigenvalue weighted by Crippen LogP contribution is 2.40. The molecule has 1 nitrogen and oxygen atoms in total. The predicted molar refractivity (Wildman–Crippen MR) is 70.0 cm³/mol. The molecule has 1 heterocycles. The largest absolute Gasteiger partial charge is 0.416 e. The SMILES string of the molecule is O=C1Cc2ccc(C(F)(F)F)cc2Sc2ccc(F)cc21. The van der Waals surface area contributed by atoms with E-state index in [1.165, 1.54) is 18.2 Å². The molecule has 0 saturated carbocycles. The van der Waals surface area contributed by atoms with Gasteiger partial charge in [0.15, 0.2) is 5.78 Å². The van der Waals surface area contributed by atoms with Crippen LogP contribution in [0.2, 0.25) is 0 Å². The molecule has 1 aliphatic heterocycles. The maximum Gasteiger partial charge on any atom is 0.416 e. The zero-order valence-electron chi connectivity index (χ0n) is 10.5. The number of ketones is 1. The van der Waals surface area contributed by atoms with Gasteiger partial charge in [-0.05, 0) is 35.9 Å². The molecule has 0 unspecified atom stereocenters. The topological polar surface area (TPSA) is 17.1 Å². The zero-order chi connectivity index (χ0) is 15.2. The van der Waals surface area contributed by atoms with Crippen molar-refractivity contribution >= 4 is 17.5 Å². The Kier molecular flexibility index (Phi) is 3.28. The predicted octanol–water partition coefficient (Wildman–Crippen LogP) is 4.73. The summed E-state index contributed by atoms with van der Waals surface area (Å²) in [5, 5.41) is 0. The van der Waals surface area contributed by atoms with Gasteiger partial charge in [-0.15, -0.1) is 0 Å². The average molecular weight is 312 g/mol. The summed E-state index contributed by atoms with van der Waals surface area (Å²) in [7, 11) is 0. The highest BCUT2D eigenvalue weighted by Gasteiger charge is 2.32. The van der Waals surface area contributed by atoms with E-state index in [0.29, 0.717) is 15.4 Å². The molecule has 0 aliphatic carbocycles. The number of hydrogen-bond donors (Lipinski definition) is 0. The molecule has 0 bridgehead atoms. The van der Waals surface area contributed by atoms with E-state index in [1.807, 2.05) is 0 Å². The van der Waals surface area contributed by atoms with Gasteiger partial charge in [0.05, 0.1) is 5.56 Å². The summed E-state index contributed by atoms with van der Waals surface area (Å²) in [5.74, 6) is -0.833. The molecule has 0 atom stereocenters. The number of rotatable bonds is 0. The molecular weight excluding hydrogens is 304 g/mol. The number of carbonyl (C=O) groups is 1. The molecule has 0 N–H and O–H groups in total. The summed E-state index contributed by atoms with van der Waals surface area (Å²) in [6, 6.07) is 7.04. The lowest BCUT2D eigenvalue weighted by Gasteiger charge is -2.10. The van der Waals surface area contributed by atoms with Crippen molar-refractivity contribution < 1.29 is 22.4 Å². The average Bonchev–Trinajstić information content (AvgIpc) is 2.53. The van der Waals surface area contributed by atoms with Crippen LogP contribution in [-0.4, -0.2) is 5.78 Å². The van der Waals surface area contributed by atoms with Gasteiger partial charge < -0.3 is 0 Å². The second-order valence-corrected chi connectivity index (χ2v) is 5.75. The van der Waals surface area contributed by atoms with Gasteiger partial charge in [0, 0.05) is 21.8 Å². The second kappa shape index (κ2) is 4.87. The Morgan fingerprint density at radius 2 is 1.76 bits per heavy atom. The van der Waals surface area contributed by atoms with Crippen LogP contribution in [0.15, 0.2) is 46.2 Å². The fourth-order valence-electron chi connectivity index (χ4n) is 2.17. The first-order chi connectivity index (χ1) is 9.84. The maximum atomic E-state index is 13.2. The summed E-state index contributed by atoms with van der Waals surface area (Å²) in [6.07, 6.45) is -4.46. The van der Waals surface area contributed by atoms with Gasteiger partial charge in [-0.3, -0.25) is 4.79 Å². The van der Waals surface area contributed by atoms with E-state index in [9.17, 15) is 22.4 Å². The van der Waals surface area contributed by atoms with Crippen molar-refractivity contribution in [3.8, 4) is 0 Å². The number of alkyl halides is 3.